The summed E-state index contributed by atoms with van der Waals surface area (Å²) in [6, 6.07) is 4.95. The van der Waals surface area contributed by atoms with Gasteiger partial charge >= 0.3 is 0 Å². The number of nitrogens with one attached hydrogen (secondary N) is 1. The van der Waals surface area contributed by atoms with Crippen LogP contribution in [0, 0.1) is 12.8 Å². The molecule has 22 heavy (non-hydrogen) atoms. The van der Waals surface area contributed by atoms with Crippen LogP contribution in [0.1, 0.15) is 25.3 Å². The van der Waals surface area contributed by atoms with Gasteiger partial charge in [-0.3, -0.25) is 0 Å². The van der Waals surface area contributed by atoms with Crippen LogP contribution in [0.4, 0.5) is 0 Å². The van der Waals surface area contributed by atoms with Crippen LogP contribution in [-0.2, 0) is 10.0 Å². The zero-order valence-electron chi connectivity index (χ0n) is 13.0. The summed E-state index contributed by atoms with van der Waals surface area (Å²) in [7, 11) is -3.42. The molecular formula is C15H24Cl2N2O2S. The highest BCUT2D eigenvalue weighted by Gasteiger charge is 2.29. The Morgan fingerprint density at radius 2 is 1.95 bits per heavy atom. The molecule has 1 aliphatic rings. The van der Waals surface area contributed by atoms with Crippen molar-refractivity contribution in [1.29, 1.82) is 0 Å². The van der Waals surface area contributed by atoms with Gasteiger partial charge in [0, 0.05) is 18.1 Å². The van der Waals surface area contributed by atoms with E-state index in [1.54, 1.807) is 22.5 Å². The molecule has 0 bridgehead atoms. The van der Waals surface area contributed by atoms with E-state index in [1.165, 1.54) is 0 Å². The predicted octanol–water partition coefficient (Wildman–Crippen LogP) is 3.08. The molecule has 1 aromatic carbocycles. The maximum absolute atomic E-state index is 12.6. The lowest BCUT2D eigenvalue weighted by Crippen LogP contribution is -2.40. The highest BCUT2D eigenvalue weighted by Crippen LogP contribution is 2.26. The van der Waals surface area contributed by atoms with Gasteiger partial charge in [0.2, 0.25) is 10.0 Å². The molecule has 1 aliphatic heterocycles. The summed E-state index contributed by atoms with van der Waals surface area (Å²) >= 11 is 6.05. The molecule has 1 saturated heterocycles. The monoisotopic (exact) mass is 366 g/mol. The zero-order chi connectivity index (χ0) is 15.5. The van der Waals surface area contributed by atoms with E-state index < -0.39 is 10.0 Å². The largest absolute Gasteiger partial charge is 0.317 e. The number of halogens is 2. The van der Waals surface area contributed by atoms with Crippen molar-refractivity contribution in [1.82, 2.24) is 9.62 Å². The number of hydrogen-bond donors (Lipinski definition) is 1. The first-order valence-corrected chi connectivity index (χ1v) is 9.24. The molecule has 0 saturated carbocycles. The Morgan fingerprint density at radius 1 is 1.32 bits per heavy atom. The van der Waals surface area contributed by atoms with E-state index in [0.29, 0.717) is 28.9 Å². The molecule has 0 atom stereocenters. The fraction of sp³-hybridized carbons (Fsp3) is 0.600. The van der Waals surface area contributed by atoms with Crippen molar-refractivity contribution in [3.8, 4) is 0 Å². The molecule has 1 heterocycles. The molecule has 0 spiro atoms. The molecule has 0 unspecified atom stereocenters. The molecule has 126 valence electrons. The lowest BCUT2D eigenvalue weighted by molar-refractivity contribution is 0.268. The molecule has 1 aromatic rings. The molecule has 7 heteroatoms. The molecular weight excluding hydrogens is 343 g/mol. The third-order valence-electron chi connectivity index (χ3n) is 4.04. The van der Waals surface area contributed by atoms with E-state index in [4.69, 9.17) is 11.6 Å². The summed E-state index contributed by atoms with van der Waals surface area (Å²) in [5, 5.41) is 3.83. The Morgan fingerprint density at radius 3 is 2.50 bits per heavy atom. The highest BCUT2D eigenvalue weighted by atomic mass is 35.5. The maximum Gasteiger partial charge on any atom is 0.243 e. The number of hydrogen-bond acceptors (Lipinski definition) is 3. The Hall–Kier alpha value is -0.330. The van der Waals surface area contributed by atoms with E-state index in [9.17, 15) is 8.42 Å². The second kappa shape index (κ2) is 8.50. The SMILES string of the molecule is CCNCC1CCN(S(=O)(=O)c2ccc(C)c(Cl)c2)CC1.Cl. The van der Waals surface area contributed by atoms with Gasteiger partial charge in [-0.15, -0.1) is 12.4 Å². The maximum atomic E-state index is 12.6. The van der Waals surface area contributed by atoms with Gasteiger partial charge in [0.15, 0.2) is 0 Å². The summed E-state index contributed by atoms with van der Waals surface area (Å²) < 4.78 is 26.8. The topological polar surface area (TPSA) is 49.4 Å². The first-order valence-electron chi connectivity index (χ1n) is 7.42. The van der Waals surface area contributed by atoms with Crippen LogP contribution in [0.5, 0.6) is 0 Å². The number of piperidine rings is 1. The average molecular weight is 367 g/mol. The van der Waals surface area contributed by atoms with Crippen molar-refractivity contribution in [3.63, 3.8) is 0 Å². The Bertz CT molecular complexity index is 585. The van der Waals surface area contributed by atoms with Crippen molar-refractivity contribution in [2.45, 2.75) is 31.6 Å². The molecule has 0 amide bonds. The van der Waals surface area contributed by atoms with Gasteiger partial charge < -0.3 is 5.32 Å². The fourth-order valence-corrected chi connectivity index (χ4v) is 4.33. The number of benzene rings is 1. The molecule has 4 nitrogen and oxygen atoms in total. The minimum atomic E-state index is -3.42. The third-order valence-corrected chi connectivity index (χ3v) is 6.34. The van der Waals surface area contributed by atoms with E-state index in [1.807, 2.05) is 6.92 Å². The van der Waals surface area contributed by atoms with Crippen LogP contribution in [0.3, 0.4) is 0 Å². The van der Waals surface area contributed by atoms with Gasteiger partial charge in [-0.25, -0.2) is 8.42 Å². The van der Waals surface area contributed by atoms with Crippen LogP contribution in [0.15, 0.2) is 23.1 Å². The van der Waals surface area contributed by atoms with Crippen LogP contribution in [0.2, 0.25) is 5.02 Å². The molecule has 1 N–H and O–H groups in total. The summed E-state index contributed by atoms with van der Waals surface area (Å²) in [6.45, 7) is 7.06. The Kier molecular flexibility index (Phi) is 7.62. The minimum absolute atomic E-state index is 0. The third kappa shape index (κ3) is 4.59. The van der Waals surface area contributed by atoms with Gasteiger partial charge in [-0.2, -0.15) is 4.31 Å². The van der Waals surface area contributed by atoms with Crippen molar-refractivity contribution < 1.29 is 8.42 Å². The smallest absolute Gasteiger partial charge is 0.243 e. The number of sulfonamides is 1. The Balaban J connectivity index is 0.00000242. The van der Waals surface area contributed by atoms with Crippen LogP contribution >= 0.6 is 24.0 Å². The van der Waals surface area contributed by atoms with Crippen molar-refractivity contribution in [2.24, 2.45) is 5.92 Å². The van der Waals surface area contributed by atoms with Crippen molar-refractivity contribution in [3.05, 3.63) is 28.8 Å². The number of aryl methyl sites for hydroxylation is 1. The second-order valence-electron chi connectivity index (χ2n) is 5.57. The first kappa shape index (κ1) is 19.7. The Labute approximate surface area is 144 Å². The van der Waals surface area contributed by atoms with Crippen LogP contribution in [0.25, 0.3) is 0 Å². The summed E-state index contributed by atoms with van der Waals surface area (Å²) in [5.41, 5.74) is 0.889. The van der Waals surface area contributed by atoms with Crippen molar-refractivity contribution in [2.75, 3.05) is 26.2 Å². The normalized spacial score (nSPS) is 17.2. The summed E-state index contributed by atoms with van der Waals surface area (Å²) in [4.78, 5) is 0.295. The quantitative estimate of drug-likeness (QED) is 0.870. The molecule has 2 rings (SSSR count). The van der Waals surface area contributed by atoms with E-state index in [2.05, 4.69) is 12.2 Å². The first-order chi connectivity index (χ1) is 9.95. The van der Waals surface area contributed by atoms with Gasteiger partial charge in [-0.05, 0) is 56.5 Å². The average Bonchev–Trinajstić information content (AvgIpc) is 2.48. The predicted molar refractivity (Wildman–Crippen MR) is 93.5 cm³/mol. The van der Waals surface area contributed by atoms with Gasteiger partial charge in [-0.1, -0.05) is 24.6 Å². The number of nitrogens with zero attached hydrogens (tertiary/aromatic N) is 1. The minimum Gasteiger partial charge on any atom is -0.317 e. The summed E-state index contributed by atoms with van der Waals surface area (Å²) in [5.74, 6) is 0.568. The molecule has 1 fully saturated rings. The van der Waals surface area contributed by atoms with E-state index in [-0.39, 0.29) is 12.4 Å². The molecule has 0 radical (unpaired) electrons. The van der Waals surface area contributed by atoms with Crippen LogP contribution < -0.4 is 5.32 Å². The molecule has 0 aromatic heterocycles. The molecule has 0 aliphatic carbocycles. The van der Waals surface area contributed by atoms with Gasteiger partial charge in [0.05, 0.1) is 4.90 Å². The highest BCUT2D eigenvalue weighted by molar-refractivity contribution is 7.89. The van der Waals surface area contributed by atoms with E-state index >= 15 is 0 Å². The van der Waals surface area contributed by atoms with Crippen molar-refractivity contribution >= 4 is 34.0 Å². The van der Waals surface area contributed by atoms with Crippen LogP contribution in [-0.4, -0.2) is 38.9 Å². The lowest BCUT2D eigenvalue weighted by atomic mass is 9.98. The zero-order valence-corrected chi connectivity index (χ0v) is 15.4. The fourth-order valence-electron chi connectivity index (χ4n) is 2.59. The van der Waals surface area contributed by atoms with E-state index in [0.717, 1.165) is 31.5 Å². The lowest BCUT2D eigenvalue weighted by Gasteiger charge is -2.31. The summed E-state index contributed by atoms with van der Waals surface area (Å²) in [6.07, 6.45) is 1.82. The van der Waals surface area contributed by atoms with Gasteiger partial charge in [0.1, 0.15) is 0 Å². The number of rotatable bonds is 5. The standard InChI is InChI=1S/C15H23ClN2O2S.ClH/c1-3-17-11-13-6-8-18(9-7-13)21(19,20)14-5-4-12(2)15(16)10-14;/h4-5,10,13,17H,3,6-9,11H2,1-2H3;1H. The van der Waals surface area contributed by atoms with Gasteiger partial charge in [0.25, 0.3) is 0 Å². The second-order valence-corrected chi connectivity index (χ2v) is 7.91.